The van der Waals surface area contributed by atoms with Gasteiger partial charge in [0.2, 0.25) is 0 Å². The Morgan fingerprint density at radius 2 is 1.61 bits per heavy atom. The van der Waals surface area contributed by atoms with Crippen molar-refractivity contribution < 1.29 is 15.0 Å². The van der Waals surface area contributed by atoms with Gasteiger partial charge in [0.1, 0.15) is 0 Å². The van der Waals surface area contributed by atoms with Gasteiger partial charge in [-0.2, -0.15) is 0 Å². The zero-order valence-electron chi connectivity index (χ0n) is 22.2. The average Bonchev–Trinajstić information content (AvgIpc) is 2.74. The lowest BCUT2D eigenvalue weighted by Gasteiger charge is -2.71. The summed E-state index contributed by atoms with van der Waals surface area (Å²) < 4.78 is 0. The van der Waals surface area contributed by atoms with Crippen LogP contribution in [0.25, 0.3) is 0 Å². The van der Waals surface area contributed by atoms with E-state index in [9.17, 15) is 15.0 Å². The maximum atomic E-state index is 12.8. The lowest BCUT2D eigenvalue weighted by atomic mass is 9.33. The molecule has 0 aliphatic heterocycles. The Morgan fingerprint density at radius 3 is 2.27 bits per heavy atom. The minimum Gasteiger partial charge on any atom is -0.481 e. The summed E-state index contributed by atoms with van der Waals surface area (Å²) in [4.78, 5) is 12.8. The molecule has 0 amide bonds. The maximum absolute atomic E-state index is 12.8. The fourth-order valence-corrected chi connectivity index (χ4v) is 10.8. The Balaban J connectivity index is 1.61. The molecule has 0 aromatic rings. The van der Waals surface area contributed by atoms with Gasteiger partial charge in [-0.1, -0.05) is 60.1 Å². The highest BCUT2D eigenvalue weighted by atomic mass is 16.4. The molecule has 0 unspecified atom stereocenters. The summed E-state index contributed by atoms with van der Waals surface area (Å²) in [6.45, 7) is 17.0. The number of aliphatic hydroxyl groups excluding tert-OH is 1. The number of carboxylic acids is 1. The van der Waals surface area contributed by atoms with E-state index in [4.69, 9.17) is 0 Å². The quantitative estimate of drug-likeness (QED) is 0.414. The van der Waals surface area contributed by atoms with E-state index in [2.05, 4.69) is 54.5 Å². The summed E-state index contributed by atoms with van der Waals surface area (Å²) >= 11 is 0. The normalized spacial score (nSPS) is 55.3. The van der Waals surface area contributed by atoms with Crippen molar-refractivity contribution in [3.05, 3.63) is 11.6 Å². The van der Waals surface area contributed by atoms with Crippen LogP contribution in [0.15, 0.2) is 11.6 Å². The van der Waals surface area contributed by atoms with E-state index < -0.39 is 11.4 Å². The molecule has 5 aliphatic rings. The molecule has 0 aromatic heterocycles. The number of aliphatic hydroxyl groups is 1. The summed E-state index contributed by atoms with van der Waals surface area (Å²) in [7, 11) is 0. The molecule has 0 saturated heterocycles. The molecule has 0 spiro atoms. The first-order chi connectivity index (χ1) is 15.3. The van der Waals surface area contributed by atoms with Crippen molar-refractivity contribution in [2.45, 2.75) is 112 Å². The molecule has 186 valence electrons. The molecule has 0 radical (unpaired) electrons. The lowest BCUT2D eigenvalue weighted by Crippen LogP contribution is -2.65. The molecular weight excluding hydrogens is 408 g/mol. The summed E-state index contributed by atoms with van der Waals surface area (Å²) in [5, 5.41) is 21.4. The Kier molecular flexibility index (Phi) is 5.15. The third-order valence-corrected chi connectivity index (χ3v) is 13.4. The van der Waals surface area contributed by atoms with Crippen LogP contribution >= 0.6 is 0 Å². The number of carboxylic acid groups (broad SMARTS) is 1. The van der Waals surface area contributed by atoms with E-state index >= 15 is 0 Å². The number of allylic oxidation sites excluding steroid dienone is 2. The van der Waals surface area contributed by atoms with Crippen molar-refractivity contribution in [2.75, 3.05) is 0 Å². The van der Waals surface area contributed by atoms with Crippen LogP contribution in [0.5, 0.6) is 0 Å². The largest absolute Gasteiger partial charge is 0.481 e. The Hall–Kier alpha value is -0.830. The van der Waals surface area contributed by atoms with Crippen LogP contribution in [0.1, 0.15) is 106 Å². The van der Waals surface area contributed by atoms with Gasteiger partial charge in [-0.15, -0.1) is 0 Å². The van der Waals surface area contributed by atoms with E-state index in [1.165, 1.54) is 18.4 Å². The van der Waals surface area contributed by atoms with Crippen LogP contribution in [0, 0.1) is 56.7 Å². The second-order valence-electron chi connectivity index (χ2n) is 14.5. The molecule has 0 bridgehead atoms. The van der Waals surface area contributed by atoms with Gasteiger partial charge in [0.15, 0.2) is 0 Å². The van der Waals surface area contributed by atoms with Crippen molar-refractivity contribution in [1.82, 2.24) is 0 Å². The first kappa shape index (κ1) is 23.9. The molecule has 5 aliphatic carbocycles. The van der Waals surface area contributed by atoms with E-state index in [1.807, 2.05) is 0 Å². The predicted molar refractivity (Wildman–Crippen MR) is 133 cm³/mol. The summed E-state index contributed by atoms with van der Waals surface area (Å²) in [5.74, 6) is 1.82. The van der Waals surface area contributed by atoms with Crippen molar-refractivity contribution in [3.63, 3.8) is 0 Å². The molecule has 4 saturated carbocycles. The average molecular weight is 457 g/mol. The van der Waals surface area contributed by atoms with E-state index in [0.717, 1.165) is 44.9 Å². The van der Waals surface area contributed by atoms with Crippen LogP contribution in [0.2, 0.25) is 0 Å². The SMILES string of the molecule is C[C@H]1[C@@H](C)CC[C@]2(C(=O)O)CC[C@]3(C)C(=CC[C@@H]4[C@@]5(C)CC[C@H](O)C(C)(C)[C@H]5CC[C@]43C)[C@@H]12. The first-order valence-corrected chi connectivity index (χ1v) is 13.9. The van der Waals surface area contributed by atoms with Gasteiger partial charge < -0.3 is 10.2 Å². The van der Waals surface area contributed by atoms with Crippen LogP contribution in [0.4, 0.5) is 0 Å². The van der Waals surface area contributed by atoms with Crippen molar-refractivity contribution in [2.24, 2.45) is 56.7 Å². The van der Waals surface area contributed by atoms with Gasteiger partial charge in [-0.25, -0.2) is 0 Å². The molecule has 3 nitrogen and oxygen atoms in total. The Morgan fingerprint density at radius 1 is 0.909 bits per heavy atom. The number of fused-ring (bicyclic) bond motifs is 7. The third-order valence-electron chi connectivity index (χ3n) is 13.4. The summed E-state index contributed by atoms with van der Waals surface area (Å²) in [6, 6.07) is 0. The number of hydrogen-bond donors (Lipinski definition) is 2. The summed E-state index contributed by atoms with van der Waals surface area (Å²) in [6.07, 6.45) is 11.6. The fraction of sp³-hybridized carbons (Fsp3) is 0.900. The third kappa shape index (κ3) is 2.75. The second kappa shape index (κ2) is 7.11. The van der Waals surface area contributed by atoms with Gasteiger partial charge in [0.25, 0.3) is 0 Å². The van der Waals surface area contributed by atoms with Gasteiger partial charge in [-0.3, -0.25) is 4.79 Å². The highest BCUT2D eigenvalue weighted by Crippen LogP contribution is 2.75. The smallest absolute Gasteiger partial charge is 0.310 e. The van der Waals surface area contributed by atoms with Crippen LogP contribution in [0.3, 0.4) is 0 Å². The predicted octanol–water partition coefficient (Wildman–Crippen LogP) is 7.09. The van der Waals surface area contributed by atoms with Crippen LogP contribution < -0.4 is 0 Å². The van der Waals surface area contributed by atoms with Crippen LogP contribution in [-0.2, 0) is 4.79 Å². The zero-order chi connectivity index (χ0) is 24.2. The molecule has 10 atom stereocenters. The standard InChI is InChI=1S/C30H48O3/c1-18-10-15-30(25(32)33)17-16-28(6)20(24(30)19(18)2)8-9-22-27(5)13-12-23(31)26(3,4)21(27)11-14-29(22,28)7/h8,18-19,21-24,31H,9-17H2,1-7H3,(H,32,33)/t18-,19-,21+,22+,23-,24+,27-,28+,29+,30-/m0/s1. The zero-order valence-corrected chi connectivity index (χ0v) is 22.2. The minimum atomic E-state index is -0.557. The molecule has 0 heterocycles. The van der Waals surface area contributed by atoms with Gasteiger partial charge in [0, 0.05) is 0 Å². The minimum absolute atomic E-state index is 0.0302. The van der Waals surface area contributed by atoms with E-state index in [1.54, 1.807) is 0 Å². The van der Waals surface area contributed by atoms with Gasteiger partial charge in [-0.05, 0) is 109 Å². The lowest BCUT2D eigenvalue weighted by molar-refractivity contribution is -0.206. The van der Waals surface area contributed by atoms with Gasteiger partial charge >= 0.3 is 5.97 Å². The van der Waals surface area contributed by atoms with E-state index in [0.29, 0.717) is 23.7 Å². The van der Waals surface area contributed by atoms with Gasteiger partial charge in [0.05, 0.1) is 11.5 Å². The summed E-state index contributed by atoms with van der Waals surface area (Å²) in [5.41, 5.74) is 1.46. The van der Waals surface area contributed by atoms with Crippen molar-refractivity contribution in [1.29, 1.82) is 0 Å². The molecule has 5 rings (SSSR count). The molecule has 4 fully saturated rings. The Labute approximate surface area is 201 Å². The van der Waals surface area contributed by atoms with Crippen LogP contribution in [-0.4, -0.2) is 22.3 Å². The molecule has 2 N–H and O–H groups in total. The van der Waals surface area contributed by atoms with E-state index in [-0.39, 0.29) is 33.7 Å². The first-order valence-electron chi connectivity index (χ1n) is 13.9. The van der Waals surface area contributed by atoms with Crippen molar-refractivity contribution >= 4 is 5.97 Å². The topological polar surface area (TPSA) is 57.5 Å². The Bertz CT molecular complexity index is 874. The number of hydrogen-bond acceptors (Lipinski definition) is 2. The highest BCUT2D eigenvalue weighted by molar-refractivity contribution is 5.76. The maximum Gasteiger partial charge on any atom is 0.310 e. The monoisotopic (exact) mass is 456 g/mol. The van der Waals surface area contributed by atoms with Crippen molar-refractivity contribution in [3.8, 4) is 0 Å². The molecule has 0 aromatic carbocycles. The fourth-order valence-electron chi connectivity index (χ4n) is 10.8. The molecule has 3 heteroatoms. The number of rotatable bonds is 1. The molecular formula is C30H48O3. The number of aliphatic carboxylic acids is 1. The second-order valence-corrected chi connectivity index (χ2v) is 14.5. The molecule has 33 heavy (non-hydrogen) atoms. The highest BCUT2D eigenvalue weighted by Gasteiger charge is 2.69. The number of carbonyl (C=O) groups is 1.